The first-order valence-corrected chi connectivity index (χ1v) is 12.3. The minimum atomic E-state index is -3.11. The second kappa shape index (κ2) is 6.79. The van der Waals surface area contributed by atoms with Crippen LogP contribution < -0.4 is 5.73 Å². The second-order valence-electron chi connectivity index (χ2n) is 2.51. The third-order valence-corrected chi connectivity index (χ3v) is 1.25. The molecule has 1 rings (SSSR count). The molecule has 4 N–H and O–H groups in total. The van der Waals surface area contributed by atoms with Crippen molar-refractivity contribution in [3.63, 3.8) is 0 Å². The Morgan fingerprint density at radius 2 is 1.69 bits per heavy atom. The summed E-state index contributed by atoms with van der Waals surface area (Å²) in [6.07, 6.45) is 0. The van der Waals surface area contributed by atoms with Gasteiger partial charge < -0.3 is 15.9 Å². The van der Waals surface area contributed by atoms with Crippen molar-refractivity contribution in [3.05, 3.63) is 23.8 Å². The fourth-order valence-corrected chi connectivity index (χ4v) is 0.730. The van der Waals surface area contributed by atoms with Crippen LogP contribution in [-0.2, 0) is 12.3 Å². The minimum absolute atomic E-state index is 0.140. The first-order chi connectivity index (χ1) is 7.11. The van der Waals surface area contributed by atoms with E-state index in [1.807, 2.05) is 0 Å². The molecule has 16 heavy (non-hydrogen) atoms. The van der Waals surface area contributed by atoms with E-state index in [-0.39, 0.29) is 11.3 Å². The number of halogens is 4. The van der Waals surface area contributed by atoms with Crippen LogP contribution in [0.15, 0.2) is 18.2 Å². The number of hydrogen-bond acceptors (Lipinski definition) is 3. The number of nitrogen functional groups attached to an aromatic ring is 1. The van der Waals surface area contributed by atoms with Crippen molar-refractivity contribution in [1.29, 1.82) is 0 Å². The Morgan fingerprint density at radius 3 is 2.00 bits per heavy atom. The molecule has 0 heterocycles. The molecular formula is C7H7Cl4NO3Ti. The third kappa shape index (κ3) is 8.33. The van der Waals surface area contributed by atoms with Gasteiger partial charge in [0.05, 0.1) is 0 Å². The fourth-order valence-electron chi connectivity index (χ4n) is 0.730. The molecule has 0 aliphatic heterocycles. The Labute approximate surface area is 111 Å². The molecular weight excluding hydrogens is 336 g/mol. The number of phenols is 1. The summed E-state index contributed by atoms with van der Waals surface area (Å²) < 4.78 is 0. The van der Waals surface area contributed by atoms with Crippen LogP contribution in [0.25, 0.3) is 0 Å². The summed E-state index contributed by atoms with van der Waals surface area (Å²) in [5, 5.41) is 17.5. The Bertz CT molecular complexity index is 376. The first-order valence-electron chi connectivity index (χ1n) is 3.68. The predicted molar refractivity (Wildman–Crippen MR) is 62.9 cm³/mol. The van der Waals surface area contributed by atoms with Gasteiger partial charge in [-0.3, -0.25) is 0 Å². The van der Waals surface area contributed by atoms with E-state index in [9.17, 15) is 4.79 Å². The molecule has 4 nitrogen and oxygen atoms in total. The molecule has 0 bridgehead atoms. The molecule has 1 aromatic rings. The average Bonchev–Trinajstić information content (AvgIpc) is 1.99. The zero-order valence-corrected chi connectivity index (χ0v) is 12.2. The Kier molecular flexibility index (Phi) is 6.86. The molecule has 0 aromatic heterocycles. The maximum atomic E-state index is 10.3. The number of anilines is 1. The van der Waals surface area contributed by atoms with Gasteiger partial charge in [0, 0.05) is 11.8 Å². The molecule has 0 atom stereocenters. The van der Waals surface area contributed by atoms with Gasteiger partial charge in [0.15, 0.2) is 0 Å². The number of carboxylic acid groups (broad SMARTS) is 1. The van der Waals surface area contributed by atoms with Crippen molar-refractivity contribution >= 4 is 48.9 Å². The normalized spacial score (nSPS) is 10.2. The maximum absolute atomic E-state index is 10.3. The van der Waals surface area contributed by atoms with Crippen molar-refractivity contribution in [2.45, 2.75) is 0 Å². The predicted octanol–water partition coefficient (Wildman–Crippen LogP) is 3.43. The van der Waals surface area contributed by atoms with Crippen molar-refractivity contribution in [1.82, 2.24) is 0 Å². The Hall–Kier alpha value is 0.164. The first kappa shape index (κ1) is 16.2. The summed E-state index contributed by atoms with van der Waals surface area (Å²) in [5.41, 5.74) is 5.48. The summed E-state index contributed by atoms with van der Waals surface area (Å²) in [5.74, 6) is -1.47. The van der Waals surface area contributed by atoms with Gasteiger partial charge in [0.25, 0.3) is 0 Å². The van der Waals surface area contributed by atoms with E-state index in [0.29, 0.717) is 5.69 Å². The molecule has 1 aromatic carbocycles. The Morgan fingerprint density at radius 1 is 1.25 bits per heavy atom. The molecule has 9 heteroatoms. The van der Waals surface area contributed by atoms with Crippen LogP contribution in [0.4, 0.5) is 5.69 Å². The number of rotatable bonds is 1. The average molecular weight is 343 g/mol. The molecule has 0 saturated carbocycles. The Balaban J connectivity index is 0.000000385. The number of aromatic hydroxyl groups is 1. The van der Waals surface area contributed by atoms with E-state index in [1.165, 1.54) is 18.2 Å². The summed E-state index contributed by atoms with van der Waals surface area (Å²) in [6, 6.07) is 3.87. The van der Waals surface area contributed by atoms with Crippen LogP contribution in [0.5, 0.6) is 5.75 Å². The summed E-state index contributed by atoms with van der Waals surface area (Å²) >= 11 is -3.11. The van der Waals surface area contributed by atoms with Gasteiger partial charge in [-0.2, -0.15) is 0 Å². The van der Waals surface area contributed by atoms with Gasteiger partial charge in [0.1, 0.15) is 11.3 Å². The number of nitrogens with two attached hydrogens (primary N) is 1. The molecule has 0 saturated heterocycles. The zero-order chi connectivity index (χ0) is 12.9. The van der Waals surface area contributed by atoms with Crippen molar-refractivity contribution in [3.8, 4) is 5.75 Å². The van der Waals surface area contributed by atoms with Gasteiger partial charge >= 0.3 is 55.5 Å². The number of carbonyl (C=O) groups is 1. The van der Waals surface area contributed by atoms with Crippen LogP contribution in [0.3, 0.4) is 0 Å². The number of hydrogen-bond donors (Lipinski definition) is 3. The summed E-state index contributed by atoms with van der Waals surface area (Å²) in [6.45, 7) is 0. The second-order valence-corrected chi connectivity index (χ2v) is 18.0. The van der Waals surface area contributed by atoms with Crippen molar-refractivity contribution in [2.75, 3.05) is 5.73 Å². The molecule has 0 radical (unpaired) electrons. The van der Waals surface area contributed by atoms with Crippen LogP contribution in [0.2, 0.25) is 0 Å². The van der Waals surface area contributed by atoms with Crippen LogP contribution in [-0.4, -0.2) is 16.2 Å². The van der Waals surface area contributed by atoms with Gasteiger partial charge in [0.2, 0.25) is 0 Å². The SMILES string of the molecule is Nc1ccc(C(=O)O)c(O)c1.[Cl][Ti]([Cl])([Cl])[Cl]. The van der Waals surface area contributed by atoms with Crippen LogP contribution in [0.1, 0.15) is 10.4 Å². The number of aromatic carboxylic acids is 1. The van der Waals surface area contributed by atoms with Gasteiger partial charge in [-0.25, -0.2) is 4.79 Å². The molecule has 0 aliphatic carbocycles. The van der Waals surface area contributed by atoms with Crippen molar-refractivity contribution < 1.29 is 27.4 Å². The topological polar surface area (TPSA) is 83.6 Å². The molecule has 90 valence electrons. The standard InChI is InChI=1S/C7H7NO3.4ClH.Ti/c8-4-1-2-5(7(10)11)6(9)3-4;;;;;/h1-3,9H,8H2,(H,10,11);4*1H;/q;;;;;+4/p-4. The van der Waals surface area contributed by atoms with Crippen molar-refractivity contribution in [2.24, 2.45) is 0 Å². The molecule has 0 fully saturated rings. The third-order valence-electron chi connectivity index (χ3n) is 1.25. The quantitative estimate of drug-likeness (QED) is 0.539. The van der Waals surface area contributed by atoms with Crippen LogP contribution >= 0.6 is 37.2 Å². The van der Waals surface area contributed by atoms with Gasteiger partial charge in [-0.1, -0.05) is 0 Å². The summed E-state index contributed by atoms with van der Waals surface area (Å²) in [4.78, 5) is 10.3. The number of benzene rings is 1. The van der Waals surface area contributed by atoms with E-state index < -0.39 is 18.3 Å². The van der Waals surface area contributed by atoms with Crippen LogP contribution in [0, 0.1) is 0 Å². The van der Waals surface area contributed by atoms with Gasteiger partial charge in [-0.15, -0.1) is 0 Å². The molecule has 0 aliphatic rings. The van der Waals surface area contributed by atoms with E-state index in [2.05, 4.69) is 0 Å². The zero-order valence-electron chi connectivity index (χ0n) is 7.62. The summed E-state index contributed by atoms with van der Waals surface area (Å²) in [7, 11) is 20.1. The van der Waals surface area contributed by atoms with E-state index >= 15 is 0 Å². The molecule has 0 spiro atoms. The molecule has 0 unspecified atom stereocenters. The van der Waals surface area contributed by atoms with Gasteiger partial charge in [-0.05, 0) is 12.1 Å². The van der Waals surface area contributed by atoms with E-state index in [0.717, 1.165) is 0 Å². The fraction of sp³-hybridized carbons (Fsp3) is 0. The molecule has 0 amide bonds. The van der Waals surface area contributed by atoms with E-state index in [4.69, 9.17) is 53.2 Å². The number of carboxylic acids is 1. The monoisotopic (exact) mass is 341 g/mol. The van der Waals surface area contributed by atoms with E-state index in [1.54, 1.807) is 0 Å².